The van der Waals surface area contributed by atoms with Crippen LogP contribution in [0.15, 0.2) is 60.7 Å². The molecule has 4 fully saturated rings. The van der Waals surface area contributed by atoms with Crippen LogP contribution in [0.5, 0.6) is 11.8 Å². The molecule has 2 aromatic heterocycles. The molecule has 2 aromatic carbocycles. The van der Waals surface area contributed by atoms with Gasteiger partial charge in [-0.15, -0.1) is 0 Å². The summed E-state index contributed by atoms with van der Waals surface area (Å²) in [6, 6.07) is 20.0. The Labute approximate surface area is 296 Å². The predicted octanol–water partition coefficient (Wildman–Crippen LogP) is 6.06. The number of nitrogens with zero attached hydrogens (tertiary/aromatic N) is 4. The second-order valence-corrected chi connectivity index (χ2v) is 14.9. The number of aromatic nitrogens is 2. The van der Waals surface area contributed by atoms with Gasteiger partial charge in [-0.2, -0.15) is 0 Å². The number of halogens is 2. The van der Waals surface area contributed by atoms with Gasteiger partial charge in [0.1, 0.15) is 0 Å². The number of carbonyl (C=O) groups is 1. The van der Waals surface area contributed by atoms with Gasteiger partial charge in [0.05, 0.1) is 41.2 Å². The highest BCUT2D eigenvalue weighted by molar-refractivity contribution is 6.39. The third-order valence-corrected chi connectivity index (χ3v) is 11.4. The Hall–Kier alpha value is -3.73. The van der Waals surface area contributed by atoms with Crippen molar-refractivity contribution in [1.29, 1.82) is 0 Å². The van der Waals surface area contributed by atoms with E-state index in [-0.39, 0.29) is 11.4 Å². The first-order chi connectivity index (χ1) is 23.8. The standard InChI is InChI=1S/C38H40Cl2N6O3/c1-48-35-24(17-45-20-37(21-45)15-16-41-19-37)9-11-30(42-35)28-7-3-5-26(33(28)39)27-6-4-8-29(34(27)40)31-12-10-25(36(43-31)49-2)18-46-22-38(23-46)14-13-32(47)44-38/h3-12,41H,13-23H2,1-2H3,(H,44,47). The average Bonchev–Trinajstić information content (AvgIpc) is 3.73. The van der Waals surface area contributed by atoms with Crippen LogP contribution in [0, 0.1) is 5.41 Å². The Morgan fingerprint density at radius 2 is 1.27 bits per heavy atom. The van der Waals surface area contributed by atoms with Gasteiger partial charge in [0.2, 0.25) is 17.7 Å². The molecule has 0 saturated carbocycles. The summed E-state index contributed by atoms with van der Waals surface area (Å²) < 4.78 is 11.5. The second-order valence-electron chi connectivity index (χ2n) is 14.1. The number of methoxy groups -OCH3 is 2. The lowest BCUT2D eigenvalue weighted by atomic mass is 9.79. The van der Waals surface area contributed by atoms with E-state index in [1.54, 1.807) is 14.2 Å². The number of hydrogen-bond acceptors (Lipinski definition) is 8. The summed E-state index contributed by atoms with van der Waals surface area (Å²) >= 11 is 14.3. The van der Waals surface area contributed by atoms with Crippen LogP contribution in [0.4, 0.5) is 0 Å². The molecule has 4 aromatic rings. The molecule has 1 amide bonds. The summed E-state index contributed by atoms with van der Waals surface area (Å²) in [7, 11) is 3.31. The van der Waals surface area contributed by atoms with Crippen LogP contribution in [0.1, 0.15) is 30.4 Å². The molecule has 4 aliphatic heterocycles. The monoisotopic (exact) mass is 698 g/mol. The van der Waals surface area contributed by atoms with Crippen molar-refractivity contribution in [1.82, 2.24) is 30.4 Å². The highest BCUT2D eigenvalue weighted by atomic mass is 35.5. The van der Waals surface area contributed by atoms with Gasteiger partial charge >= 0.3 is 0 Å². The minimum Gasteiger partial charge on any atom is -0.481 e. The molecule has 4 aliphatic rings. The minimum absolute atomic E-state index is 0.0688. The summed E-state index contributed by atoms with van der Waals surface area (Å²) in [6.07, 6.45) is 2.76. The van der Waals surface area contributed by atoms with Gasteiger partial charge in [-0.3, -0.25) is 14.6 Å². The fourth-order valence-corrected chi connectivity index (χ4v) is 8.85. The molecular weight excluding hydrogens is 659 g/mol. The Morgan fingerprint density at radius 3 is 1.73 bits per heavy atom. The van der Waals surface area contributed by atoms with Crippen LogP contribution in [0.2, 0.25) is 10.0 Å². The van der Waals surface area contributed by atoms with Gasteiger partial charge in [-0.05, 0) is 31.5 Å². The maximum absolute atomic E-state index is 11.7. The first-order valence-corrected chi connectivity index (χ1v) is 17.7. The van der Waals surface area contributed by atoms with Gasteiger partial charge in [0.25, 0.3) is 0 Å². The van der Waals surface area contributed by atoms with Crippen LogP contribution < -0.4 is 20.1 Å². The normalized spacial score (nSPS) is 19.6. The molecule has 2 N–H and O–H groups in total. The quantitative estimate of drug-likeness (QED) is 0.218. The number of nitrogens with one attached hydrogen (secondary N) is 2. The molecule has 49 heavy (non-hydrogen) atoms. The molecule has 0 bridgehead atoms. The molecule has 6 heterocycles. The molecule has 9 nitrogen and oxygen atoms in total. The lowest BCUT2D eigenvalue weighted by molar-refractivity contribution is -0.120. The molecule has 254 valence electrons. The molecule has 8 rings (SSSR count). The van der Waals surface area contributed by atoms with E-state index in [0.29, 0.717) is 45.9 Å². The maximum atomic E-state index is 11.7. The van der Waals surface area contributed by atoms with E-state index < -0.39 is 0 Å². The first-order valence-electron chi connectivity index (χ1n) is 16.9. The molecule has 0 aliphatic carbocycles. The SMILES string of the molecule is COc1nc(-c2cccc(-c3cccc(-c4ccc(CN5CC6(CCC(=O)N6)C5)c(OC)n4)c3Cl)c2Cl)ccc1CN1CC2(CCNC2)C1. The smallest absolute Gasteiger partial charge is 0.220 e. The molecule has 0 unspecified atom stereocenters. The molecule has 2 spiro atoms. The van der Waals surface area contributed by atoms with Gasteiger partial charge in [-0.1, -0.05) is 71.7 Å². The zero-order valence-electron chi connectivity index (χ0n) is 27.8. The van der Waals surface area contributed by atoms with E-state index in [0.717, 1.165) is 91.3 Å². The van der Waals surface area contributed by atoms with E-state index in [1.165, 1.54) is 6.42 Å². The molecule has 4 saturated heterocycles. The van der Waals surface area contributed by atoms with Crippen LogP contribution in [-0.2, 0) is 17.9 Å². The van der Waals surface area contributed by atoms with Crippen molar-refractivity contribution in [3.8, 4) is 45.4 Å². The van der Waals surface area contributed by atoms with Crippen molar-refractivity contribution in [2.24, 2.45) is 5.41 Å². The minimum atomic E-state index is -0.0688. The number of ether oxygens (including phenoxy) is 2. The van der Waals surface area contributed by atoms with Gasteiger partial charge in [-0.25, -0.2) is 9.97 Å². The molecule has 0 atom stereocenters. The number of benzene rings is 2. The van der Waals surface area contributed by atoms with Gasteiger partial charge in [0.15, 0.2) is 0 Å². The van der Waals surface area contributed by atoms with Crippen LogP contribution >= 0.6 is 23.2 Å². The van der Waals surface area contributed by atoms with E-state index in [9.17, 15) is 4.79 Å². The highest BCUT2D eigenvalue weighted by Gasteiger charge is 2.47. The van der Waals surface area contributed by atoms with Gasteiger partial charge in [0, 0.05) is 91.0 Å². The third kappa shape index (κ3) is 6.06. The van der Waals surface area contributed by atoms with E-state index in [2.05, 4.69) is 26.5 Å². The maximum Gasteiger partial charge on any atom is 0.220 e. The van der Waals surface area contributed by atoms with E-state index in [4.69, 9.17) is 42.6 Å². The second kappa shape index (κ2) is 12.9. The Bertz CT molecular complexity index is 1920. The highest BCUT2D eigenvalue weighted by Crippen LogP contribution is 2.43. The fourth-order valence-electron chi connectivity index (χ4n) is 8.20. The van der Waals surface area contributed by atoms with Crippen molar-refractivity contribution in [2.75, 3.05) is 53.5 Å². The lowest BCUT2D eigenvalue weighted by Crippen LogP contribution is -2.66. The Balaban J connectivity index is 1.02. The van der Waals surface area contributed by atoms with Crippen molar-refractivity contribution in [3.05, 3.63) is 81.8 Å². The Kier molecular flexibility index (Phi) is 8.53. The van der Waals surface area contributed by atoms with E-state index >= 15 is 0 Å². The molecule has 0 radical (unpaired) electrons. The summed E-state index contributed by atoms with van der Waals surface area (Å²) in [5, 5.41) is 7.76. The number of amides is 1. The number of hydrogen-bond donors (Lipinski definition) is 2. The van der Waals surface area contributed by atoms with Crippen molar-refractivity contribution in [2.45, 2.75) is 37.9 Å². The van der Waals surface area contributed by atoms with E-state index in [1.807, 2.05) is 54.6 Å². The van der Waals surface area contributed by atoms with Crippen LogP contribution in [0.25, 0.3) is 33.6 Å². The lowest BCUT2D eigenvalue weighted by Gasteiger charge is -2.48. The number of rotatable bonds is 9. The van der Waals surface area contributed by atoms with Gasteiger partial charge < -0.3 is 20.1 Å². The summed E-state index contributed by atoms with van der Waals surface area (Å²) in [5.74, 6) is 1.32. The van der Waals surface area contributed by atoms with Crippen molar-refractivity contribution < 1.29 is 14.3 Å². The van der Waals surface area contributed by atoms with Crippen molar-refractivity contribution >= 4 is 29.1 Å². The third-order valence-electron chi connectivity index (χ3n) is 10.6. The number of carbonyl (C=O) groups excluding carboxylic acids is 1. The predicted molar refractivity (Wildman–Crippen MR) is 192 cm³/mol. The number of pyridine rings is 2. The summed E-state index contributed by atoms with van der Waals surface area (Å²) in [5.41, 5.74) is 7.08. The molecular formula is C38H40Cl2N6O3. The fraction of sp³-hybridized carbons (Fsp3) is 0.395. The zero-order chi connectivity index (χ0) is 33.8. The Morgan fingerprint density at radius 1 is 0.735 bits per heavy atom. The van der Waals surface area contributed by atoms with Crippen LogP contribution in [-0.4, -0.2) is 84.7 Å². The number of likely N-dealkylation sites (tertiary alicyclic amines) is 2. The molecule has 11 heteroatoms. The average molecular weight is 700 g/mol. The summed E-state index contributed by atoms with van der Waals surface area (Å²) in [4.78, 5) is 26.3. The van der Waals surface area contributed by atoms with Crippen molar-refractivity contribution in [3.63, 3.8) is 0 Å². The zero-order valence-corrected chi connectivity index (χ0v) is 29.3. The van der Waals surface area contributed by atoms with Crippen LogP contribution in [0.3, 0.4) is 0 Å². The summed E-state index contributed by atoms with van der Waals surface area (Å²) in [6.45, 7) is 7.61. The topological polar surface area (TPSA) is 91.8 Å². The largest absolute Gasteiger partial charge is 0.481 e. The first kappa shape index (κ1) is 32.5.